The van der Waals surface area contributed by atoms with Gasteiger partial charge >= 0.3 is 0 Å². The van der Waals surface area contributed by atoms with Gasteiger partial charge in [-0.15, -0.1) is 0 Å². The van der Waals surface area contributed by atoms with Crippen LogP contribution in [0.2, 0.25) is 0 Å². The van der Waals surface area contributed by atoms with E-state index in [-0.39, 0.29) is 29.5 Å². The minimum atomic E-state index is -0.376. The van der Waals surface area contributed by atoms with Crippen molar-refractivity contribution >= 4 is 5.91 Å². The molecule has 3 N–H and O–H groups in total. The molecule has 1 aliphatic rings. The molecule has 0 aliphatic heterocycles. The largest absolute Gasteiger partial charge is 0.391 e. The Morgan fingerprint density at radius 3 is 2.44 bits per heavy atom. The second kappa shape index (κ2) is 6.02. The molecule has 3 atom stereocenters. The summed E-state index contributed by atoms with van der Waals surface area (Å²) in [4.78, 5) is 13.9. The van der Waals surface area contributed by atoms with Gasteiger partial charge in [0.15, 0.2) is 0 Å². The molecule has 0 bridgehead atoms. The number of likely N-dealkylation sites (N-methyl/N-ethyl adjacent to an activating group) is 1. The zero-order valence-electron chi connectivity index (χ0n) is 12.1. The van der Waals surface area contributed by atoms with Crippen LogP contribution >= 0.6 is 0 Å². The number of aliphatic hydroxyl groups is 1. The lowest BCUT2D eigenvalue weighted by Crippen LogP contribution is -2.48. The number of carbonyl (C=O) groups excluding carboxylic acids is 1. The van der Waals surface area contributed by atoms with E-state index >= 15 is 0 Å². The van der Waals surface area contributed by atoms with Crippen molar-refractivity contribution in [3.63, 3.8) is 0 Å². The lowest BCUT2D eigenvalue weighted by Gasteiger charge is -2.36. The highest BCUT2D eigenvalue weighted by atomic mass is 16.3. The van der Waals surface area contributed by atoms with Crippen LogP contribution in [0, 0.1) is 5.41 Å². The predicted molar refractivity (Wildman–Crippen MR) is 73.1 cm³/mol. The van der Waals surface area contributed by atoms with E-state index in [1.54, 1.807) is 11.9 Å². The maximum Gasteiger partial charge on any atom is 0.224 e. The SMILES string of the molecule is CN(C(=O)CC(N)C(C)(C)C)C1CCCCC1O. The van der Waals surface area contributed by atoms with E-state index in [0.29, 0.717) is 6.42 Å². The van der Waals surface area contributed by atoms with Gasteiger partial charge in [-0.2, -0.15) is 0 Å². The van der Waals surface area contributed by atoms with Crippen LogP contribution in [0.4, 0.5) is 0 Å². The molecule has 1 fully saturated rings. The summed E-state index contributed by atoms with van der Waals surface area (Å²) >= 11 is 0. The van der Waals surface area contributed by atoms with E-state index in [0.717, 1.165) is 25.7 Å². The maximum atomic E-state index is 12.2. The van der Waals surface area contributed by atoms with Crippen molar-refractivity contribution in [2.75, 3.05) is 7.05 Å². The molecule has 1 rings (SSSR count). The second-order valence-corrected chi connectivity index (χ2v) is 6.60. The first kappa shape index (κ1) is 15.4. The third-order valence-corrected chi connectivity index (χ3v) is 4.09. The van der Waals surface area contributed by atoms with E-state index in [1.165, 1.54) is 0 Å². The van der Waals surface area contributed by atoms with Crippen LogP contribution in [0.25, 0.3) is 0 Å². The Labute approximate surface area is 111 Å². The van der Waals surface area contributed by atoms with Crippen molar-refractivity contribution < 1.29 is 9.90 Å². The molecule has 0 radical (unpaired) electrons. The van der Waals surface area contributed by atoms with Crippen molar-refractivity contribution in [2.45, 2.75) is 71.1 Å². The molecule has 1 saturated carbocycles. The molecule has 0 aromatic rings. The molecule has 0 spiro atoms. The molecule has 106 valence electrons. The van der Waals surface area contributed by atoms with Gasteiger partial charge in [0.2, 0.25) is 5.91 Å². The van der Waals surface area contributed by atoms with E-state index < -0.39 is 0 Å². The van der Waals surface area contributed by atoms with Crippen LogP contribution in [-0.2, 0) is 4.79 Å². The molecule has 18 heavy (non-hydrogen) atoms. The first-order chi connectivity index (χ1) is 8.23. The Morgan fingerprint density at radius 1 is 1.39 bits per heavy atom. The number of carbonyl (C=O) groups is 1. The smallest absolute Gasteiger partial charge is 0.224 e. The lowest BCUT2D eigenvalue weighted by atomic mass is 9.85. The number of hydrogen-bond acceptors (Lipinski definition) is 3. The minimum Gasteiger partial charge on any atom is -0.391 e. The van der Waals surface area contributed by atoms with Crippen molar-refractivity contribution in [1.82, 2.24) is 4.90 Å². The summed E-state index contributed by atoms with van der Waals surface area (Å²) in [6.45, 7) is 6.13. The molecule has 0 aromatic heterocycles. The van der Waals surface area contributed by atoms with Gasteiger partial charge < -0.3 is 15.7 Å². The molecule has 0 heterocycles. The van der Waals surface area contributed by atoms with Gasteiger partial charge in [0, 0.05) is 19.5 Å². The highest BCUT2D eigenvalue weighted by molar-refractivity contribution is 5.77. The van der Waals surface area contributed by atoms with Crippen molar-refractivity contribution in [3.8, 4) is 0 Å². The van der Waals surface area contributed by atoms with Gasteiger partial charge in [0.05, 0.1) is 12.1 Å². The maximum absolute atomic E-state index is 12.2. The molecule has 4 nitrogen and oxygen atoms in total. The molecular formula is C14H28N2O2. The summed E-state index contributed by atoms with van der Waals surface area (Å²) in [5.41, 5.74) is 5.98. The molecular weight excluding hydrogens is 228 g/mol. The van der Waals surface area contributed by atoms with Gasteiger partial charge in [-0.25, -0.2) is 0 Å². The summed E-state index contributed by atoms with van der Waals surface area (Å²) < 4.78 is 0. The number of amides is 1. The number of hydrogen-bond donors (Lipinski definition) is 2. The average Bonchev–Trinajstić information content (AvgIpc) is 2.27. The van der Waals surface area contributed by atoms with Crippen LogP contribution < -0.4 is 5.73 Å². The van der Waals surface area contributed by atoms with Gasteiger partial charge in [-0.1, -0.05) is 33.6 Å². The average molecular weight is 256 g/mol. The second-order valence-electron chi connectivity index (χ2n) is 6.60. The lowest BCUT2D eigenvalue weighted by molar-refractivity contribution is -0.136. The highest BCUT2D eigenvalue weighted by Gasteiger charge is 2.31. The fourth-order valence-electron chi connectivity index (χ4n) is 2.37. The quantitative estimate of drug-likeness (QED) is 0.804. The predicted octanol–water partition coefficient (Wildman–Crippen LogP) is 1.51. The normalized spacial score (nSPS) is 26.8. The van der Waals surface area contributed by atoms with Gasteiger partial charge in [0.1, 0.15) is 0 Å². The topological polar surface area (TPSA) is 66.6 Å². The molecule has 1 aliphatic carbocycles. The molecule has 4 heteroatoms. The number of rotatable bonds is 3. The molecule has 0 aromatic carbocycles. The van der Waals surface area contributed by atoms with Crippen LogP contribution in [0.5, 0.6) is 0 Å². The van der Waals surface area contributed by atoms with Gasteiger partial charge in [-0.3, -0.25) is 4.79 Å². The Hall–Kier alpha value is -0.610. The van der Waals surface area contributed by atoms with Crippen molar-refractivity contribution in [1.29, 1.82) is 0 Å². The highest BCUT2D eigenvalue weighted by Crippen LogP contribution is 2.25. The van der Waals surface area contributed by atoms with E-state index in [1.807, 2.05) is 20.8 Å². The third-order valence-electron chi connectivity index (χ3n) is 4.09. The Balaban J connectivity index is 2.55. The van der Waals surface area contributed by atoms with Gasteiger partial charge in [0.25, 0.3) is 0 Å². The summed E-state index contributed by atoms with van der Waals surface area (Å²) in [5.74, 6) is 0.0448. The van der Waals surface area contributed by atoms with Crippen LogP contribution in [0.3, 0.4) is 0 Å². The molecule has 3 unspecified atom stereocenters. The summed E-state index contributed by atoms with van der Waals surface area (Å²) in [6, 6.07) is -0.174. The first-order valence-corrected chi connectivity index (χ1v) is 6.92. The monoisotopic (exact) mass is 256 g/mol. The summed E-state index contributed by atoms with van der Waals surface area (Å²) in [5, 5.41) is 9.96. The molecule has 1 amide bonds. The fraction of sp³-hybridized carbons (Fsp3) is 0.929. The Bertz CT molecular complexity index is 286. The third kappa shape index (κ3) is 3.95. The van der Waals surface area contributed by atoms with E-state index in [9.17, 15) is 9.90 Å². The van der Waals surface area contributed by atoms with Crippen molar-refractivity contribution in [3.05, 3.63) is 0 Å². The minimum absolute atomic E-state index is 0.0292. The standard InChI is InChI=1S/C14H28N2O2/c1-14(2,3)12(15)9-13(18)16(4)10-7-5-6-8-11(10)17/h10-12,17H,5-9,15H2,1-4H3. The van der Waals surface area contributed by atoms with Crippen LogP contribution in [0.15, 0.2) is 0 Å². The number of nitrogens with two attached hydrogens (primary N) is 1. The Kier molecular flexibility index (Phi) is 5.17. The zero-order chi connectivity index (χ0) is 13.9. The fourth-order valence-corrected chi connectivity index (χ4v) is 2.37. The number of nitrogens with zero attached hydrogens (tertiary/aromatic N) is 1. The van der Waals surface area contributed by atoms with E-state index in [2.05, 4.69) is 0 Å². The zero-order valence-corrected chi connectivity index (χ0v) is 12.1. The number of aliphatic hydroxyl groups excluding tert-OH is 1. The van der Waals surface area contributed by atoms with Crippen LogP contribution in [-0.4, -0.2) is 41.1 Å². The summed E-state index contributed by atoms with van der Waals surface area (Å²) in [7, 11) is 1.79. The first-order valence-electron chi connectivity index (χ1n) is 6.92. The van der Waals surface area contributed by atoms with E-state index in [4.69, 9.17) is 5.73 Å². The molecule has 0 saturated heterocycles. The Morgan fingerprint density at radius 2 is 1.94 bits per heavy atom. The summed E-state index contributed by atoms with van der Waals surface area (Å²) in [6.07, 6.45) is 3.82. The van der Waals surface area contributed by atoms with Gasteiger partial charge in [-0.05, 0) is 18.3 Å². The van der Waals surface area contributed by atoms with Crippen molar-refractivity contribution in [2.24, 2.45) is 11.1 Å². The van der Waals surface area contributed by atoms with Crippen LogP contribution in [0.1, 0.15) is 52.9 Å².